The Bertz CT molecular complexity index is 1440. The van der Waals surface area contributed by atoms with E-state index in [9.17, 15) is 22.8 Å². The summed E-state index contributed by atoms with van der Waals surface area (Å²) in [6, 6.07) is 7.11. The lowest BCUT2D eigenvalue weighted by Crippen LogP contribution is -2.24. The zero-order valence-electron chi connectivity index (χ0n) is 18.8. The minimum absolute atomic E-state index is 0.0756. The molecule has 12 heteroatoms. The number of carbonyl (C=O) groups is 1. The van der Waals surface area contributed by atoms with E-state index in [-0.39, 0.29) is 39.7 Å². The third-order valence-electron chi connectivity index (χ3n) is 4.76. The smallest absolute Gasteiger partial charge is 0.367 e. The van der Waals surface area contributed by atoms with E-state index in [0.717, 1.165) is 45.1 Å². The maximum Gasteiger partial charge on any atom is 0.367 e. The number of rotatable bonds is 7. The fraction of sp³-hybridized carbons (Fsp3) is 0.217. The lowest BCUT2D eigenvalue weighted by Gasteiger charge is -2.07. The first-order chi connectivity index (χ1) is 16.6. The predicted molar refractivity (Wildman–Crippen MR) is 121 cm³/mol. The van der Waals surface area contributed by atoms with Crippen molar-refractivity contribution in [3.8, 4) is 16.5 Å². The van der Waals surface area contributed by atoms with Gasteiger partial charge in [-0.3, -0.25) is 4.57 Å². The monoisotopic (exact) mass is 504 g/mol. The van der Waals surface area contributed by atoms with Gasteiger partial charge in [0.05, 0.1) is 24.0 Å². The Labute approximate surface area is 201 Å². The number of aromatic nitrogens is 4. The highest BCUT2D eigenvalue weighted by Gasteiger charge is 2.20. The molecule has 2 aromatic heterocycles. The summed E-state index contributed by atoms with van der Waals surface area (Å²) in [5.74, 6) is -3.16. The first-order valence-electron chi connectivity index (χ1n) is 10.4. The van der Waals surface area contributed by atoms with Gasteiger partial charge in [-0.2, -0.15) is 9.78 Å². The van der Waals surface area contributed by atoms with E-state index in [1.807, 2.05) is 0 Å². The molecule has 0 fully saturated rings. The van der Waals surface area contributed by atoms with Crippen LogP contribution < -0.4 is 10.4 Å². The first-order valence-corrected chi connectivity index (χ1v) is 11.2. The van der Waals surface area contributed by atoms with Gasteiger partial charge in [0.25, 0.3) is 0 Å². The number of nitrogens with zero attached hydrogens (tertiary/aromatic N) is 4. The van der Waals surface area contributed by atoms with E-state index in [1.54, 1.807) is 20.8 Å². The Morgan fingerprint density at radius 2 is 1.83 bits per heavy atom. The van der Waals surface area contributed by atoms with Crippen molar-refractivity contribution in [1.29, 1.82) is 0 Å². The molecule has 0 N–H and O–H groups in total. The second-order valence-electron chi connectivity index (χ2n) is 7.72. The molecule has 0 aliphatic rings. The van der Waals surface area contributed by atoms with E-state index in [2.05, 4.69) is 10.1 Å². The molecule has 0 radical (unpaired) electrons. The largest absolute Gasteiger partial charge is 0.458 e. The van der Waals surface area contributed by atoms with Crippen LogP contribution in [0.25, 0.3) is 5.69 Å². The molecular weight excluding hydrogens is 485 g/mol. The lowest BCUT2D eigenvalue weighted by molar-refractivity contribution is 0.0377. The number of carbonyl (C=O) groups excluding carboxylic acids is 1. The fourth-order valence-electron chi connectivity index (χ4n) is 3.11. The standard InChI is InChI=1S/C23H19F3N4O4S/c1-12(2)33-21(31)20-28-13(3)22(35-20)34-19-8-7-14(9-18(19)26)30-23(32)29(11-27-30)10-15-16(24)5-4-6-17(15)25/h4-9,11-12H,10H2,1-3H3. The van der Waals surface area contributed by atoms with Crippen LogP contribution in [0.2, 0.25) is 0 Å². The number of thiazole rings is 1. The first kappa shape index (κ1) is 24.2. The van der Waals surface area contributed by atoms with Crippen molar-refractivity contribution in [3.05, 3.63) is 86.9 Å². The number of ether oxygens (including phenoxy) is 2. The van der Waals surface area contributed by atoms with Crippen molar-refractivity contribution in [3.63, 3.8) is 0 Å². The minimum Gasteiger partial charge on any atom is -0.458 e. The molecule has 0 atom stereocenters. The van der Waals surface area contributed by atoms with E-state index >= 15 is 0 Å². The Morgan fingerprint density at radius 3 is 2.49 bits per heavy atom. The maximum atomic E-state index is 14.8. The third kappa shape index (κ3) is 5.11. The molecule has 8 nitrogen and oxygen atoms in total. The Kier molecular flexibility index (Phi) is 6.74. The predicted octanol–water partition coefficient (Wildman–Crippen LogP) is 4.62. The van der Waals surface area contributed by atoms with Crippen LogP contribution in [0, 0.1) is 24.4 Å². The van der Waals surface area contributed by atoms with E-state index in [4.69, 9.17) is 9.47 Å². The maximum absolute atomic E-state index is 14.8. The summed E-state index contributed by atoms with van der Waals surface area (Å²) < 4.78 is 55.2. The molecule has 35 heavy (non-hydrogen) atoms. The van der Waals surface area contributed by atoms with Crippen LogP contribution in [0.3, 0.4) is 0 Å². The van der Waals surface area contributed by atoms with Gasteiger partial charge < -0.3 is 9.47 Å². The Morgan fingerprint density at radius 1 is 1.11 bits per heavy atom. The van der Waals surface area contributed by atoms with Gasteiger partial charge in [-0.15, -0.1) is 0 Å². The Balaban J connectivity index is 1.55. The average molecular weight is 504 g/mol. The van der Waals surface area contributed by atoms with Crippen molar-refractivity contribution in [2.45, 2.75) is 33.4 Å². The summed E-state index contributed by atoms with van der Waals surface area (Å²) in [6.45, 7) is 4.64. The molecule has 0 aliphatic carbocycles. The summed E-state index contributed by atoms with van der Waals surface area (Å²) in [5, 5.41) is 4.20. The number of hydrogen-bond donors (Lipinski definition) is 0. The van der Waals surface area contributed by atoms with E-state index in [1.165, 1.54) is 18.2 Å². The highest BCUT2D eigenvalue weighted by atomic mass is 32.1. The molecule has 2 heterocycles. The van der Waals surface area contributed by atoms with Crippen LogP contribution in [0.1, 0.15) is 34.9 Å². The van der Waals surface area contributed by atoms with Crippen molar-refractivity contribution < 1.29 is 27.4 Å². The van der Waals surface area contributed by atoms with Crippen LogP contribution in [0.4, 0.5) is 13.2 Å². The lowest BCUT2D eigenvalue weighted by atomic mass is 10.2. The third-order valence-corrected chi connectivity index (χ3v) is 5.77. The summed E-state index contributed by atoms with van der Waals surface area (Å²) >= 11 is 0.916. The molecule has 0 saturated heterocycles. The molecule has 0 saturated carbocycles. The van der Waals surface area contributed by atoms with Crippen LogP contribution in [-0.2, 0) is 11.3 Å². The van der Waals surface area contributed by atoms with Crippen molar-refractivity contribution in [1.82, 2.24) is 19.3 Å². The van der Waals surface area contributed by atoms with Gasteiger partial charge in [-0.1, -0.05) is 17.4 Å². The minimum atomic E-state index is -0.803. The summed E-state index contributed by atoms with van der Waals surface area (Å²) in [5.41, 5.74) is -0.549. The summed E-state index contributed by atoms with van der Waals surface area (Å²) in [7, 11) is 0. The molecule has 2 aromatic carbocycles. The van der Waals surface area contributed by atoms with Crippen LogP contribution in [-0.4, -0.2) is 31.4 Å². The molecule has 0 amide bonds. The number of halogens is 3. The second kappa shape index (κ2) is 9.74. The number of esters is 1. The van der Waals surface area contributed by atoms with Crippen molar-refractivity contribution >= 4 is 17.3 Å². The van der Waals surface area contributed by atoms with Crippen molar-refractivity contribution in [2.24, 2.45) is 0 Å². The molecule has 4 rings (SSSR count). The van der Waals surface area contributed by atoms with Gasteiger partial charge >= 0.3 is 11.7 Å². The topological polar surface area (TPSA) is 88.2 Å². The molecule has 0 aliphatic heterocycles. The number of aryl methyl sites for hydroxylation is 1. The van der Waals surface area contributed by atoms with E-state index < -0.39 is 29.1 Å². The van der Waals surface area contributed by atoms with Crippen LogP contribution in [0.15, 0.2) is 47.5 Å². The van der Waals surface area contributed by atoms with Crippen LogP contribution in [0.5, 0.6) is 10.8 Å². The number of benzene rings is 2. The van der Waals surface area contributed by atoms with Gasteiger partial charge in [0.15, 0.2) is 11.6 Å². The highest BCUT2D eigenvalue weighted by Crippen LogP contribution is 2.33. The van der Waals surface area contributed by atoms with Gasteiger partial charge in [0, 0.05) is 11.6 Å². The summed E-state index contributed by atoms with van der Waals surface area (Å²) in [4.78, 5) is 28.8. The zero-order chi connectivity index (χ0) is 25.3. The summed E-state index contributed by atoms with van der Waals surface area (Å²) in [6.07, 6.45) is 0.785. The molecule has 0 unspecified atom stereocenters. The normalized spacial score (nSPS) is 11.2. The van der Waals surface area contributed by atoms with Crippen LogP contribution >= 0.6 is 11.3 Å². The highest BCUT2D eigenvalue weighted by molar-refractivity contribution is 7.15. The Hall–Kier alpha value is -3.93. The molecule has 4 aromatic rings. The molecular formula is C23H19F3N4O4S. The molecule has 0 spiro atoms. The fourth-order valence-corrected chi connectivity index (χ4v) is 3.92. The second-order valence-corrected chi connectivity index (χ2v) is 8.68. The van der Waals surface area contributed by atoms with Gasteiger partial charge in [0.1, 0.15) is 18.0 Å². The SMILES string of the molecule is Cc1nc(C(=O)OC(C)C)sc1Oc1ccc(-n2ncn(Cc3c(F)cccc3F)c2=O)cc1F. The molecule has 182 valence electrons. The van der Waals surface area contributed by atoms with Gasteiger partial charge in [0.2, 0.25) is 10.1 Å². The number of hydrogen-bond acceptors (Lipinski definition) is 7. The van der Waals surface area contributed by atoms with Gasteiger partial charge in [-0.05, 0) is 45.0 Å². The quantitative estimate of drug-likeness (QED) is 0.341. The van der Waals surface area contributed by atoms with Gasteiger partial charge in [-0.25, -0.2) is 27.7 Å². The van der Waals surface area contributed by atoms with Crippen molar-refractivity contribution in [2.75, 3.05) is 0 Å². The van der Waals surface area contributed by atoms with E-state index in [0.29, 0.717) is 5.69 Å². The zero-order valence-corrected chi connectivity index (χ0v) is 19.6. The molecule has 0 bridgehead atoms. The average Bonchev–Trinajstić information content (AvgIpc) is 3.34.